The van der Waals surface area contributed by atoms with Crippen LogP contribution in [-0.4, -0.2) is 0 Å². The van der Waals surface area contributed by atoms with Crippen LogP contribution in [0.2, 0.25) is 0 Å². The van der Waals surface area contributed by atoms with Crippen LogP contribution >= 0.6 is 11.6 Å². The Labute approximate surface area is 132 Å². The number of rotatable bonds is 2. The van der Waals surface area contributed by atoms with Crippen LogP contribution in [0.4, 0.5) is 0 Å². The fraction of sp³-hybridized carbons (Fsp3) is 0.474. The summed E-state index contributed by atoms with van der Waals surface area (Å²) in [6, 6.07) is 8.70. The normalized spacial score (nSPS) is 20.8. The Morgan fingerprint density at radius 2 is 1.62 bits per heavy atom. The molecule has 0 amide bonds. The molecule has 112 valence electrons. The summed E-state index contributed by atoms with van der Waals surface area (Å²) in [7, 11) is 0. The Kier molecular flexibility index (Phi) is 3.44. The molecular formula is C19H23ClO. The van der Waals surface area contributed by atoms with Gasteiger partial charge in [0.2, 0.25) is 0 Å². The van der Waals surface area contributed by atoms with Crippen molar-refractivity contribution in [3.63, 3.8) is 0 Å². The van der Waals surface area contributed by atoms with Gasteiger partial charge in [0.05, 0.1) is 17.9 Å². The molecule has 0 aliphatic heterocycles. The molecular weight excluding hydrogens is 280 g/mol. The molecule has 2 aromatic rings. The molecule has 1 aromatic carbocycles. The van der Waals surface area contributed by atoms with Gasteiger partial charge >= 0.3 is 0 Å². The third kappa shape index (κ3) is 2.53. The fourth-order valence-electron chi connectivity index (χ4n) is 3.38. The van der Waals surface area contributed by atoms with E-state index in [0.29, 0.717) is 0 Å². The summed E-state index contributed by atoms with van der Waals surface area (Å²) in [4.78, 5) is 0. The summed E-state index contributed by atoms with van der Waals surface area (Å²) >= 11 is 6.62. The standard InChI is InChI=1S/C19H23ClO/c1-18(2)8-9-19(3,4)16-11-13(5-6-15(16)18)17(20)14-7-10-21-12-14/h5-7,10-12,17H,8-9H2,1-4H3. The van der Waals surface area contributed by atoms with E-state index in [4.69, 9.17) is 16.0 Å². The molecule has 0 bridgehead atoms. The molecule has 2 heteroatoms. The quantitative estimate of drug-likeness (QED) is 0.624. The lowest BCUT2D eigenvalue weighted by Crippen LogP contribution is -2.33. The Morgan fingerprint density at radius 1 is 0.952 bits per heavy atom. The molecule has 0 spiro atoms. The average Bonchev–Trinajstić information content (AvgIpc) is 2.97. The third-order valence-electron chi connectivity index (χ3n) is 5.01. The van der Waals surface area contributed by atoms with Crippen molar-refractivity contribution in [2.24, 2.45) is 0 Å². The zero-order valence-electron chi connectivity index (χ0n) is 13.2. The Morgan fingerprint density at radius 3 is 2.24 bits per heavy atom. The van der Waals surface area contributed by atoms with Crippen molar-refractivity contribution >= 4 is 11.6 Å². The molecule has 1 aliphatic rings. The Balaban J connectivity index is 2.08. The van der Waals surface area contributed by atoms with Gasteiger partial charge in [-0.2, -0.15) is 0 Å². The molecule has 0 N–H and O–H groups in total. The molecule has 1 unspecified atom stereocenters. The number of furan rings is 1. The molecule has 0 radical (unpaired) electrons. The van der Waals surface area contributed by atoms with Crippen molar-refractivity contribution in [3.05, 3.63) is 59.0 Å². The Bertz CT molecular complexity index is 638. The van der Waals surface area contributed by atoms with E-state index < -0.39 is 0 Å². The van der Waals surface area contributed by atoms with Crippen molar-refractivity contribution in [2.75, 3.05) is 0 Å². The first-order chi connectivity index (χ1) is 9.81. The molecule has 1 heterocycles. The van der Waals surface area contributed by atoms with Crippen LogP contribution in [0, 0.1) is 0 Å². The molecule has 0 saturated heterocycles. The maximum absolute atomic E-state index is 6.62. The van der Waals surface area contributed by atoms with Crippen LogP contribution in [0.1, 0.15) is 68.2 Å². The van der Waals surface area contributed by atoms with Crippen LogP contribution in [-0.2, 0) is 10.8 Å². The fourth-order valence-corrected chi connectivity index (χ4v) is 3.64. The van der Waals surface area contributed by atoms with Crippen molar-refractivity contribution in [3.8, 4) is 0 Å². The highest BCUT2D eigenvalue weighted by molar-refractivity contribution is 6.22. The lowest BCUT2D eigenvalue weighted by molar-refractivity contribution is 0.331. The van der Waals surface area contributed by atoms with Gasteiger partial charge in [0.1, 0.15) is 0 Å². The first kappa shape index (κ1) is 14.7. The lowest BCUT2D eigenvalue weighted by Gasteiger charge is -2.42. The smallest absolute Gasteiger partial charge is 0.0952 e. The van der Waals surface area contributed by atoms with Gasteiger partial charge in [-0.25, -0.2) is 0 Å². The highest BCUT2D eigenvalue weighted by atomic mass is 35.5. The van der Waals surface area contributed by atoms with E-state index in [1.165, 1.54) is 24.0 Å². The molecule has 0 fully saturated rings. The number of hydrogen-bond acceptors (Lipinski definition) is 1. The van der Waals surface area contributed by atoms with Gasteiger partial charge in [-0.15, -0.1) is 11.6 Å². The zero-order valence-corrected chi connectivity index (χ0v) is 14.0. The van der Waals surface area contributed by atoms with Gasteiger partial charge in [-0.1, -0.05) is 45.9 Å². The average molecular weight is 303 g/mol. The van der Waals surface area contributed by atoms with Crippen molar-refractivity contribution in [1.29, 1.82) is 0 Å². The van der Waals surface area contributed by atoms with Crippen molar-refractivity contribution in [2.45, 2.75) is 56.7 Å². The number of hydrogen-bond donors (Lipinski definition) is 0. The van der Waals surface area contributed by atoms with Crippen LogP contribution in [0.25, 0.3) is 0 Å². The summed E-state index contributed by atoms with van der Waals surface area (Å²) in [5.74, 6) is 0. The van der Waals surface area contributed by atoms with E-state index in [-0.39, 0.29) is 16.2 Å². The largest absolute Gasteiger partial charge is 0.472 e. The zero-order chi connectivity index (χ0) is 15.3. The van der Waals surface area contributed by atoms with E-state index in [1.807, 2.05) is 6.07 Å². The van der Waals surface area contributed by atoms with E-state index in [0.717, 1.165) is 11.1 Å². The van der Waals surface area contributed by atoms with Crippen LogP contribution in [0.3, 0.4) is 0 Å². The van der Waals surface area contributed by atoms with E-state index in [9.17, 15) is 0 Å². The SMILES string of the molecule is CC1(C)CCC(C)(C)c2cc(C(Cl)c3ccoc3)ccc21. The summed E-state index contributed by atoms with van der Waals surface area (Å²) < 4.78 is 5.16. The van der Waals surface area contributed by atoms with Crippen molar-refractivity contribution < 1.29 is 4.42 Å². The van der Waals surface area contributed by atoms with Gasteiger partial charge in [0, 0.05) is 5.56 Å². The first-order valence-corrected chi connectivity index (χ1v) is 8.06. The summed E-state index contributed by atoms with van der Waals surface area (Å²) in [5.41, 5.74) is 5.56. The maximum Gasteiger partial charge on any atom is 0.0952 e. The number of halogens is 1. The van der Waals surface area contributed by atoms with Gasteiger partial charge < -0.3 is 4.42 Å². The monoisotopic (exact) mass is 302 g/mol. The number of benzene rings is 1. The van der Waals surface area contributed by atoms with Gasteiger partial charge in [0.25, 0.3) is 0 Å². The maximum atomic E-state index is 6.62. The third-order valence-corrected chi connectivity index (χ3v) is 5.51. The second-order valence-corrected chi connectivity index (χ2v) is 7.93. The lowest BCUT2D eigenvalue weighted by atomic mass is 9.63. The predicted octanol–water partition coefficient (Wildman–Crippen LogP) is 5.96. The predicted molar refractivity (Wildman–Crippen MR) is 88.1 cm³/mol. The second kappa shape index (κ2) is 4.91. The summed E-state index contributed by atoms with van der Waals surface area (Å²) in [6.07, 6.45) is 5.86. The molecule has 1 aromatic heterocycles. The second-order valence-electron chi connectivity index (χ2n) is 7.49. The van der Waals surface area contributed by atoms with E-state index >= 15 is 0 Å². The minimum absolute atomic E-state index is 0.144. The van der Waals surface area contributed by atoms with Gasteiger partial charge in [0.15, 0.2) is 0 Å². The van der Waals surface area contributed by atoms with Gasteiger partial charge in [-0.3, -0.25) is 0 Å². The molecule has 21 heavy (non-hydrogen) atoms. The molecule has 1 atom stereocenters. The molecule has 1 aliphatic carbocycles. The highest BCUT2D eigenvalue weighted by Crippen LogP contribution is 2.47. The number of fused-ring (bicyclic) bond motifs is 1. The minimum Gasteiger partial charge on any atom is -0.472 e. The topological polar surface area (TPSA) is 13.1 Å². The first-order valence-electron chi connectivity index (χ1n) is 7.62. The molecule has 3 rings (SSSR count). The molecule has 1 nitrogen and oxygen atoms in total. The minimum atomic E-state index is -0.144. The van der Waals surface area contributed by atoms with E-state index in [2.05, 4.69) is 45.9 Å². The summed E-state index contributed by atoms with van der Waals surface area (Å²) in [5, 5.41) is -0.144. The van der Waals surface area contributed by atoms with Crippen LogP contribution in [0.5, 0.6) is 0 Å². The van der Waals surface area contributed by atoms with Crippen LogP contribution < -0.4 is 0 Å². The van der Waals surface area contributed by atoms with Crippen LogP contribution in [0.15, 0.2) is 41.2 Å². The Hall–Kier alpha value is -1.21. The van der Waals surface area contributed by atoms with Gasteiger partial charge in [-0.05, 0) is 46.4 Å². The van der Waals surface area contributed by atoms with E-state index in [1.54, 1.807) is 12.5 Å². The summed E-state index contributed by atoms with van der Waals surface area (Å²) in [6.45, 7) is 9.36. The van der Waals surface area contributed by atoms with Crippen molar-refractivity contribution in [1.82, 2.24) is 0 Å². The molecule has 0 saturated carbocycles. The highest BCUT2D eigenvalue weighted by Gasteiger charge is 2.37. The number of alkyl halides is 1.